The molecule has 2 aromatic carbocycles. The zero-order valence-corrected chi connectivity index (χ0v) is 12.2. The van der Waals surface area contributed by atoms with Crippen LogP contribution >= 0.6 is 0 Å². The van der Waals surface area contributed by atoms with Gasteiger partial charge in [-0.25, -0.2) is 12.4 Å². The molecule has 1 aromatic heterocycles. The predicted molar refractivity (Wildman–Crippen MR) is 81.1 cm³/mol. The molecule has 0 spiro atoms. The number of rotatable bonds is 3. The molecule has 0 radical (unpaired) electrons. The second kappa shape index (κ2) is 4.86. The van der Waals surface area contributed by atoms with Gasteiger partial charge in [0.15, 0.2) is 0 Å². The van der Waals surface area contributed by atoms with Crippen LogP contribution in [0.1, 0.15) is 16.1 Å². The Hall–Kier alpha value is -2.40. The fourth-order valence-corrected chi connectivity index (χ4v) is 4.01. The lowest BCUT2D eigenvalue weighted by molar-refractivity contribution is 0.112. The van der Waals surface area contributed by atoms with Gasteiger partial charge in [0.05, 0.1) is 10.4 Å². The smallest absolute Gasteiger partial charge is 0.268 e. The van der Waals surface area contributed by atoms with Crippen molar-refractivity contribution in [2.75, 3.05) is 0 Å². The second-order valence-corrected chi connectivity index (χ2v) is 6.59. The molecule has 0 aliphatic heterocycles. The van der Waals surface area contributed by atoms with Gasteiger partial charge >= 0.3 is 0 Å². The van der Waals surface area contributed by atoms with Gasteiger partial charge in [-0.2, -0.15) is 0 Å². The Morgan fingerprint density at radius 2 is 1.71 bits per heavy atom. The third kappa shape index (κ3) is 2.15. The highest BCUT2D eigenvalue weighted by Gasteiger charge is 2.21. The highest BCUT2D eigenvalue weighted by molar-refractivity contribution is 7.90. The molecule has 0 N–H and O–H groups in total. The Morgan fingerprint density at radius 3 is 2.38 bits per heavy atom. The first-order valence-electron chi connectivity index (χ1n) is 6.42. The highest BCUT2D eigenvalue weighted by atomic mass is 32.2. The number of benzene rings is 2. The topological polar surface area (TPSA) is 56.1 Å². The van der Waals surface area contributed by atoms with Crippen LogP contribution in [0.4, 0.5) is 0 Å². The van der Waals surface area contributed by atoms with E-state index >= 15 is 0 Å². The first-order chi connectivity index (χ1) is 10.0. The number of fused-ring (bicyclic) bond motifs is 1. The SMILES string of the molecule is Cc1cc2cc(C=O)ccc2n1S(=O)(=O)c1ccccc1. The van der Waals surface area contributed by atoms with Crippen LogP contribution in [0, 0.1) is 6.92 Å². The third-order valence-electron chi connectivity index (χ3n) is 3.37. The van der Waals surface area contributed by atoms with Crippen LogP contribution in [0.5, 0.6) is 0 Å². The molecule has 106 valence electrons. The van der Waals surface area contributed by atoms with Crippen LogP contribution in [0.3, 0.4) is 0 Å². The molecule has 3 aromatic rings. The first kappa shape index (κ1) is 13.6. The molecule has 0 fully saturated rings. The van der Waals surface area contributed by atoms with E-state index in [0.29, 0.717) is 16.8 Å². The van der Waals surface area contributed by atoms with Crippen LogP contribution < -0.4 is 0 Å². The molecule has 0 aliphatic carbocycles. The number of aldehydes is 1. The molecule has 0 unspecified atom stereocenters. The maximum absolute atomic E-state index is 12.8. The van der Waals surface area contributed by atoms with Crippen molar-refractivity contribution >= 4 is 27.2 Å². The summed E-state index contributed by atoms with van der Waals surface area (Å²) >= 11 is 0. The minimum absolute atomic E-state index is 0.241. The van der Waals surface area contributed by atoms with E-state index in [0.717, 1.165) is 11.7 Å². The minimum atomic E-state index is -3.64. The number of nitrogens with zero attached hydrogens (tertiary/aromatic N) is 1. The summed E-state index contributed by atoms with van der Waals surface area (Å²) in [7, 11) is -3.64. The molecule has 0 atom stereocenters. The standard InChI is InChI=1S/C16H13NO3S/c1-12-9-14-10-13(11-18)7-8-16(14)17(12)21(19,20)15-5-3-2-4-6-15/h2-11H,1H3. The molecule has 21 heavy (non-hydrogen) atoms. The predicted octanol–water partition coefficient (Wildman–Crippen LogP) is 3.00. The molecule has 1 heterocycles. The van der Waals surface area contributed by atoms with E-state index in [1.807, 2.05) is 0 Å². The number of hydrogen-bond acceptors (Lipinski definition) is 3. The van der Waals surface area contributed by atoms with Gasteiger partial charge in [-0.3, -0.25) is 4.79 Å². The molecular weight excluding hydrogens is 286 g/mol. The zero-order valence-electron chi connectivity index (χ0n) is 11.4. The average molecular weight is 299 g/mol. The molecule has 0 bridgehead atoms. The number of aromatic nitrogens is 1. The van der Waals surface area contributed by atoms with Crippen molar-refractivity contribution in [2.24, 2.45) is 0 Å². The van der Waals surface area contributed by atoms with E-state index in [2.05, 4.69) is 0 Å². The van der Waals surface area contributed by atoms with Gasteiger partial charge in [-0.15, -0.1) is 0 Å². The lowest BCUT2D eigenvalue weighted by Crippen LogP contribution is -2.14. The van der Waals surface area contributed by atoms with Crippen LogP contribution in [-0.2, 0) is 10.0 Å². The Morgan fingerprint density at radius 1 is 1.00 bits per heavy atom. The molecule has 4 nitrogen and oxygen atoms in total. The minimum Gasteiger partial charge on any atom is -0.298 e. The van der Waals surface area contributed by atoms with E-state index in [1.54, 1.807) is 61.5 Å². The average Bonchev–Trinajstić information content (AvgIpc) is 2.83. The largest absolute Gasteiger partial charge is 0.298 e. The van der Waals surface area contributed by atoms with E-state index in [4.69, 9.17) is 0 Å². The summed E-state index contributed by atoms with van der Waals surface area (Å²) in [4.78, 5) is 11.1. The Labute approximate surface area is 122 Å². The van der Waals surface area contributed by atoms with Gasteiger partial charge in [0, 0.05) is 16.6 Å². The molecule has 0 saturated carbocycles. The van der Waals surface area contributed by atoms with Crippen molar-refractivity contribution < 1.29 is 13.2 Å². The summed E-state index contributed by atoms with van der Waals surface area (Å²) < 4.78 is 26.9. The Kier molecular flexibility index (Phi) is 3.14. The van der Waals surface area contributed by atoms with Gasteiger partial charge in [0.25, 0.3) is 10.0 Å². The molecule has 0 amide bonds. The summed E-state index contributed by atoms with van der Waals surface area (Å²) in [5.74, 6) is 0. The third-order valence-corrected chi connectivity index (χ3v) is 5.21. The summed E-state index contributed by atoms with van der Waals surface area (Å²) in [6.45, 7) is 1.74. The number of carbonyl (C=O) groups excluding carboxylic acids is 1. The summed E-state index contributed by atoms with van der Waals surface area (Å²) in [6, 6.07) is 15.0. The molecule has 3 rings (SSSR count). The first-order valence-corrected chi connectivity index (χ1v) is 7.86. The van der Waals surface area contributed by atoms with Gasteiger partial charge in [0.1, 0.15) is 6.29 Å². The van der Waals surface area contributed by atoms with Gasteiger partial charge in [0.2, 0.25) is 0 Å². The van der Waals surface area contributed by atoms with E-state index in [1.165, 1.54) is 3.97 Å². The number of carbonyl (C=O) groups is 1. The highest BCUT2D eigenvalue weighted by Crippen LogP contribution is 2.25. The van der Waals surface area contributed by atoms with Crippen molar-refractivity contribution in [3.05, 3.63) is 65.9 Å². The fourth-order valence-electron chi connectivity index (χ4n) is 2.44. The lowest BCUT2D eigenvalue weighted by Gasteiger charge is -2.09. The quantitative estimate of drug-likeness (QED) is 0.699. The van der Waals surface area contributed by atoms with E-state index < -0.39 is 10.0 Å². The zero-order chi connectivity index (χ0) is 15.0. The van der Waals surface area contributed by atoms with Crippen molar-refractivity contribution in [1.29, 1.82) is 0 Å². The van der Waals surface area contributed by atoms with Crippen molar-refractivity contribution in [3.63, 3.8) is 0 Å². The van der Waals surface area contributed by atoms with Crippen molar-refractivity contribution in [1.82, 2.24) is 3.97 Å². The maximum atomic E-state index is 12.8. The van der Waals surface area contributed by atoms with E-state index in [-0.39, 0.29) is 4.90 Å². The Balaban J connectivity index is 2.30. The summed E-state index contributed by atoms with van der Waals surface area (Å²) in [6.07, 6.45) is 0.748. The van der Waals surface area contributed by atoms with Crippen LogP contribution in [0.15, 0.2) is 59.5 Å². The number of aryl methyl sites for hydroxylation is 1. The van der Waals surface area contributed by atoms with Gasteiger partial charge < -0.3 is 0 Å². The fraction of sp³-hybridized carbons (Fsp3) is 0.0625. The van der Waals surface area contributed by atoms with Crippen LogP contribution in [0.2, 0.25) is 0 Å². The Bertz CT molecular complexity index is 925. The van der Waals surface area contributed by atoms with Crippen LogP contribution in [0.25, 0.3) is 10.9 Å². The summed E-state index contributed by atoms with van der Waals surface area (Å²) in [5.41, 5.74) is 1.70. The molecule has 0 saturated heterocycles. The lowest BCUT2D eigenvalue weighted by atomic mass is 10.2. The maximum Gasteiger partial charge on any atom is 0.268 e. The monoisotopic (exact) mass is 299 g/mol. The van der Waals surface area contributed by atoms with E-state index in [9.17, 15) is 13.2 Å². The summed E-state index contributed by atoms with van der Waals surface area (Å²) in [5, 5.41) is 0.733. The van der Waals surface area contributed by atoms with Crippen molar-refractivity contribution in [2.45, 2.75) is 11.8 Å². The normalized spacial score (nSPS) is 11.7. The molecular formula is C16H13NO3S. The van der Waals surface area contributed by atoms with Gasteiger partial charge in [-0.1, -0.05) is 18.2 Å². The second-order valence-electron chi connectivity index (χ2n) is 4.80. The molecule has 5 heteroatoms. The van der Waals surface area contributed by atoms with Crippen molar-refractivity contribution in [3.8, 4) is 0 Å². The number of hydrogen-bond donors (Lipinski definition) is 0. The van der Waals surface area contributed by atoms with Crippen LogP contribution in [-0.4, -0.2) is 18.7 Å². The molecule has 0 aliphatic rings. The van der Waals surface area contributed by atoms with Gasteiger partial charge in [-0.05, 0) is 43.3 Å².